The minimum Gasteiger partial charge on any atom is -0.475 e. The topological polar surface area (TPSA) is 241 Å². The molecule has 7 atom stereocenters. The summed E-state index contributed by atoms with van der Waals surface area (Å²) in [6.07, 6.45) is 16.6. The lowest BCUT2D eigenvalue weighted by atomic mass is 9.90. The zero-order valence-corrected chi connectivity index (χ0v) is 33.1. The quantitative estimate of drug-likeness (QED) is 0.0509. The van der Waals surface area contributed by atoms with Crippen LogP contribution in [0.3, 0.4) is 0 Å². The van der Waals surface area contributed by atoms with Gasteiger partial charge in [0.05, 0.1) is 17.9 Å². The van der Waals surface area contributed by atoms with Gasteiger partial charge in [0.1, 0.15) is 55.0 Å². The standard InChI is InChI=1S/C39H56N7O9P/c1-2-3-4-5-6-7-8-9-10-11-12-13-14-15-16-17-22-51-25-30(26-52-33-21-18-29(23-40)24-43-33)54-56(49,50)55-35-34-39(35,48)37(47)38(27-41,53-34)32-20-19-31-36(42)44-28-45-46(31)32/h18-21,24,28,30,34-35,37,47-48H,2-17,22,25-26H2,1H3,(H,49,50)(H2,42,44,45)/t30-,34-,35?,37+,38+,39+/m1/s1. The van der Waals surface area contributed by atoms with Crippen molar-refractivity contribution in [1.82, 2.24) is 19.6 Å². The van der Waals surface area contributed by atoms with E-state index in [2.05, 4.69) is 22.0 Å². The Bertz CT molecular complexity index is 1820. The van der Waals surface area contributed by atoms with E-state index in [0.717, 1.165) is 19.3 Å². The van der Waals surface area contributed by atoms with Crippen LogP contribution in [0.2, 0.25) is 0 Å². The van der Waals surface area contributed by atoms with Crippen LogP contribution in [0.25, 0.3) is 5.52 Å². The molecule has 1 aliphatic carbocycles. The Morgan fingerprint density at radius 1 is 0.946 bits per heavy atom. The summed E-state index contributed by atoms with van der Waals surface area (Å²) in [5, 5.41) is 46.0. The van der Waals surface area contributed by atoms with Gasteiger partial charge in [0.15, 0.2) is 11.4 Å². The molecule has 306 valence electrons. The minimum atomic E-state index is -4.95. The maximum absolute atomic E-state index is 13.3. The van der Waals surface area contributed by atoms with E-state index in [0.29, 0.717) is 17.7 Å². The van der Waals surface area contributed by atoms with E-state index in [1.165, 1.54) is 125 Å². The van der Waals surface area contributed by atoms with Crippen LogP contribution in [0.1, 0.15) is 121 Å². The molecule has 0 radical (unpaired) electrons. The number of rotatable bonds is 27. The fraction of sp³-hybridized carbons (Fsp3) is 0.667. The summed E-state index contributed by atoms with van der Waals surface area (Å²) < 4.78 is 42.7. The van der Waals surface area contributed by atoms with Gasteiger partial charge in [0, 0.05) is 18.9 Å². The third-order valence-corrected chi connectivity index (χ3v) is 11.6. The highest BCUT2D eigenvalue weighted by molar-refractivity contribution is 7.47. The molecule has 5 N–H and O–H groups in total. The molecule has 0 amide bonds. The van der Waals surface area contributed by atoms with Crippen molar-refractivity contribution in [2.24, 2.45) is 0 Å². The van der Waals surface area contributed by atoms with Gasteiger partial charge >= 0.3 is 7.82 Å². The summed E-state index contributed by atoms with van der Waals surface area (Å²) in [5.74, 6) is 0.280. The van der Waals surface area contributed by atoms with Crippen LogP contribution in [0.4, 0.5) is 5.82 Å². The molecule has 1 saturated carbocycles. The number of nitrogens with zero attached hydrogens (tertiary/aromatic N) is 6. The normalized spacial score (nSPS) is 24.3. The lowest BCUT2D eigenvalue weighted by Crippen LogP contribution is -2.47. The number of aliphatic hydroxyl groups is 2. The van der Waals surface area contributed by atoms with Crippen molar-refractivity contribution in [3.05, 3.63) is 48.0 Å². The first-order valence-corrected chi connectivity index (χ1v) is 21.4. The van der Waals surface area contributed by atoms with Crippen molar-refractivity contribution in [3.63, 3.8) is 0 Å². The summed E-state index contributed by atoms with van der Waals surface area (Å²) in [6.45, 7) is 2.27. The summed E-state index contributed by atoms with van der Waals surface area (Å²) in [5.41, 5.74) is 2.36. The predicted octanol–water partition coefficient (Wildman–Crippen LogP) is 6.03. The SMILES string of the molecule is CCCCCCCCCCCCCCCCCCOC[C@H](COc1ccc(C#N)cn1)OP(=O)(O)OC1[C@H]2O[C@@](C#N)(c3ccc4c(N)ncnn34)[C@H](O)[C@@]12O. The predicted molar refractivity (Wildman–Crippen MR) is 205 cm³/mol. The fourth-order valence-electron chi connectivity index (χ4n) is 7.25. The molecule has 0 spiro atoms. The number of unbranched alkanes of at least 4 members (excludes halogenated alkanes) is 15. The van der Waals surface area contributed by atoms with Gasteiger partial charge in [-0.15, -0.1) is 0 Å². The van der Waals surface area contributed by atoms with Crippen LogP contribution in [-0.4, -0.2) is 84.5 Å². The van der Waals surface area contributed by atoms with Crippen molar-refractivity contribution in [3.8, 4) is 18.0 Å². The van der Waals surface area contributed by atoms with Crippen LogP contribution < -0.4 is 10.5 Å². The van der Waals surface area contributed by atoms with Crippen LogP contribution in [0.15, 0.2) is 36.8 Å². The van der Waals surface area contributed by atoms with Gasteiger partial charge < -0.3 is 35.1 Å². The number of nitriles is 2. The first-order chi connectivity index (χ1) is 27.1. The summed E-state index contributed by atoms with van der Waals surface area (Å²) in [7, 11) is -4.95. The van der Waals surface area contributed by atoms with Crippen molar-refractivity contribution in [2.45, 2.75) is 145 Å². The fourth-order valence-corrected chi connectivity index (χ4v) is 8.37. The monoisotopic (exact) mass is 797 g/mol. The molecule has 2 fully saturated rings. The number of nitrogens with two attached hydrogens (primary N) is 1. The molecule has 0 bridgehead atoms. The second-order valence-corrected chi connectivity index (χ2v) is 16.1. The number of hydrogen-bond acceptors (Lipinski definition) is 14. The van der Waals surface area contributed by atoms with Crippen LogP contribution in [0.5, 0.6) is 5.88 Å². The zero-order chi connectivity index (χ0) is 40.0. The third-order valence-electron chi connectivity index (χ3n) is 10.5. The molecule has 5 rings (SSSR count). The number of anilines is 1. The van der Waals surface area contributed by atoms with Crippen LogP contribution in [-0.2, 0) is 28.7 Å². The van der Waals surface area contributed by atoms with Gasteiger partial charge in [-0.3, -0.25) is 9.05 Å². The summed E-state index contributed by atoms with van der Waals surface area (Å²) in [6, 6.07) is 9.89. The number of fused-ring (bicyclic) bond motifs is 2. The molecule has 3 aromatic rings. The van der Waals surface area contributed by atoms with E-state index in [1.807, 2.05) is 12.1 Å². The number of phosphoric acid groups is 1. The average Bonchev–Trinajstić information content (AvgIpc) is 3.43. The minimum absolute atomic E-state index is 0.0783. The summed E-state index contributed by atoms with van der Waals surface area (Å²) >= 11 is 0. The molecule has 16 nitrogen and oxygen atoms in total. The molecule has 4 heterocycles. The highest BCUT2D eigenvalue weighted by Crippen LogP contribution is 2.63. The van der Waals surface area contributed by atoms with Gasteiger partial charge in [-0.25, -0.2) is 19.0 Å². The van der Waals surface area contributed by atoms with Gasteiger partial charge in [-0.2, -0.15) is 15.6 Å². The molecule has 1 aliphatic heterocycles. The summed E-state index contributed by atoms with van der Waals surface area (Å²) in [4.78, 5) is 18.8. The first kappa shape index (κ1) is 43.4. The highest BCUT2D eigenvalue weighted by Gasteiger charge is 2.83. The number of hydrogen-bond donors (Lipinski definition) is 4. The van der Waals surface area contributed by atoms with Crippen molar-refractivity contribution < 1.29 is 42.9 Å². The Morgan fingerprint density at radius 2 is 1.59 bits per heavy atom. The second-order valence-electron chi connectivity index (χ2n) is 14.7. The molecular weight excluding hydrogens is 741 g/mol. The second kappa shape index (κ2) is 20.6. The van der Waals surface area contributed by atoms with E-state index < -0.39 is 43.4 Å². The Labute approximate surface area is 328 Å². The smallest absolute Gasteiger partial charge is 0.473 e. The maximum Gasteiger partial charge on any atom is 0.473 e. The molecule has 56 heavy (non-hydrogen) atoms. The van der Waals surface area contributed by atoms with Crippen molar-refractivity contribution in [2.75, 3.05) is 25.6 Å². The number of phosphoric ester groups is 1. The Morgan fingerprint density at radius 3 is 2.14 bits per heavy atom. The van der Waals surface area contributed by atoms with Crippen molar-refractivity contribution in [1.29, 1.82) is 10.5 Å². The number of aliphatic hydroxyl groups excluding tert-OH is 1. The lowest BCUT2D eigenvalue weighted by Gasteiger charge is -2.30. The van der Waals surface area contributed by atoms with Crippen LogP contribution >= 0.6 is 7.82 Å². The molecular formula is C39H56N7O9P. The number of pyridine rings is 1. The maximum atomic E-state index is 13.3. The third kappa shape index (κ3) is 10.8. The Balaban J connectivity index is 1.05. The van der Waals surface area contributed by atoms with E-state index in [1.54, 1.807) is 0 Å². The first-order valence-electron chi connectivity index (χ1n) is 19.9. The average molecular weight is 798 g/mol. The van der Waals surface area contributed by atoms with Gasteiger partial charge in [-0.05, 0) is 24.6 Å². The van der Waals surface area contributed by atoms with E-state index >= 15 is 0 Å². The molecule has 1 saturated heterocycles. The van der Waals surface area contributed by atoms with Gasteiger partial charge in [0.25, 0.3) is 0 Å². The Kier molecular flexibility index (Phi) is 16.0. The van der Waals surface area contributed by atoms with E-state index in [-0.39, 0.29) is 30.6 Å². The number of aromatic nitrogens is 4. The zero-order valence-electron chi connectivity index (χ0n) is 32.2. The molecule has 2 aliphatic rings. The Hall–Kier alpha value is -3.70. The van der Waals surface area contributed by atoms with Crippen LogP contribution in [0, 0.1) is 22.7 Å². The molecule has 17 heteroatoms. The lowest BCUT2D eigenvalue weighted by molar-refractivity contribution is -0.107. The molecule has 3 aromatic heterocycles. The van der Waals surface area contributed by atoms with E-state index in [4.69, 9.17) is 34.3 Å². The van der Waals surface area contributed by atoms with Gasteiger partial charge in [-0.1, -0.05) is 103 Å². The van der Waals surface area contributed by atoms with Gasteiger partial charge in [0.2, 0.25) is 11.5 Å². The van der Waals surface area contributed by atoms with Crippen molar-refractivity contribution >= 4 is 19.2 Å². The van der Waals surface area contributed by atoms with E-state index in [9.17, 15) is 24.9 Å². The number of nitrogen functional groups attached to an aromatic ring is 1. The number of ether oxygens (including phenoxy) is 3. The molecule has 2 unspecified atom stereocenters. The highest BCUT2D eigenvalue weighted by atomic mass is 31.2. The largest absolute Gasteiger partial charge is 0.475 e. The molecule has 0 aromatic carbocycles.